The summed E-state index contributed by atoms with van der Waals surface area (Å²) in [5.74, 6) is -0.751. The molecule has 0 aromatic heterocycles. The van der Waals surface area contributed by atoms with Crippen molar-refractivity contribution in [3.63, 3.8) is 0 Å². The van der Waals surface area contributed by atoms with Crippen molar-refractivity contribution in [2.24, 2.45) is 0 Å². The number of imide groups is 1. The van der Waals surface area contributed by atoms with Gasteiger partial charge in [-0.3, -0.25) is 19.9 Å². The van der Waals surface area contributed by atoms with Crippen molar-refractivity contribution in [2.45, 2.75) is 18.9 Å². The van der Waals surface area contributed by atoms with E-state index in [-0.39, 0.29) is 12.3 Å². The second-order valence-corrected chi connectivity index (χ2v) is 7.17. The van der Waals surface area contributed by atoms with E-state index in [1.165, 1.54) is 0 Å². The molecule has 7 heteroatoms. The Balaban J connectivity index is 1.69. The Bertz CT molecular complexity index is 956. The highest BCUT2D eigenvalue weighted by atomic mass is 35.5. The average molecular weight is 389 g/mol. The van der Waals surface area contributed by atoms with Gasteiger partial charge in [0.05, 0.1) is 22.8 Å². The van der Waals surface area contributed by atoms with Crippen molar-refractivity contribution in [1.82, 2.24) is 5.48 Å². The molecule has 2 amide bonds. The summed E-state index contributed by atoms with van der Waals surface area (Å²) in [6, 6.07) is 12.2. The minimum absolute atomic E-state index is 0.0819. The lowest BCUT2D eigenvalue weighted by Gasteiger charge is -2.18. The molecular formula is C19H14Cl2N2O3. The molecule has 1 spiro atoms. The van der Waals surface area contributed by atoms with Crippen LogP contribution in [0.5, 0.6) is 0 Å². The third-order valence-corrected chi connectivity index (χ3v) is 5.01. The molecule has 1 N–H and O–H groups in total. The molecule has 0 radical (unpaired) electrons. The molecule has 0 bridgehead atoms. The van der Waals surface area contributed by atoms with Crippen LogP contribution in [0.4, 0.5) is 5.69 Å². The van der Waals surface area contributed by atoms with Gasteiger partial charge in [0.1, 0.15) is 0 Å². The largest absolute Gasteiger partial charge is 0.274 e. The van der Waals surface area contributed by atoms with E-state index in [0.717, 1.165) is 10.5 Å². The number of hydrogen-bond donors (Lipinski definition) is 1. The zero-order valence-electron chi connectivity index (χ0n) is 13.8. The predicted molar refractivity (Wildman–Crippen MR) is 99.7 cm³/mol. The van der Waals surface area contributed by atoms with Crippen LogP contribution in [-0.2, 0) is 14.4 Å². The van der Waals surface area contributed by atoms with Gasteiger partial charge in [0.15, 0.2) is 0 Å². The van der Waals surface area contributed by atoms with E-state index in [9.17, 15) is 9.59 Å². The van der Waals surface area contributed by atoms with E-state index >= 15 is 0 Å². The van der Waals surface area contributed by atoms with Crippen LogP contribution in [0.15, 0.2) is 48.5 Å². The maximum Gasteiger partial charge on any atom is 0.273 e. The second-order valence-electron chi connectivity index (χ2n) is 6.32. The molecule has 0 saturated carbocycles. The van der Waals surface area contributed by atoms with E-state index in [0.29, 0.717) is 27.0 Å². The quantitative estimate of drug-likeness (QED) is 0.793. The topological polar surface area (TPSA) is 58.6 Å². The van der Waals surface area contributed by atoms with E-state index in [1.54, 1.807) is 36.4 Å². The molecular weight excluding hydrogens is 375 g/mol. The van der Waals surface area contributed by atoms with Gasteiger partial charge in [-0.25, -0.2) is 4.90 Å². The molecule has 2 aromatic carbocycles. The number of hydroxylamine groups is 1. The number of amides is 2. The third kappa shape index (κ3) is 2.69. The van der Waals surface area contributed by atoms with Gasteiger partial charge in [0.25, 0.3) is 5.91 Å². The first-order valence-corrected chi connectivity index (χ1v) is 8.72. The van der Waals surface area contributed by atoms with Gasteiger partial charge in [-0.2, -0.15) is 0 Å². The van der Waals surface area contributed by atoms with Crippen LogP contribution >= 0.6 is 23.2 Å². The SMILES string of the molecule is Cc1ccc(N2C(=O)C[C@]3(C=C(c4ccc(Cl)cc4Cl)NO3)C2=O)cc1. The maximum atomic E-state index is 13.0. The number of anilines is 1. The average Bonchev–Trinajstić information content (AvgIpc) is 3.11. The third-order valence-electron chi connectivity index (χ3n) is 4.46. The van der Waals surface area contributed by atoms with E-state index in [1.807, 2.05) is 19.1 Å². The monoisotopic (exact) mass is 388 g/mol. The van der Waals surface area contributed by atoms with Gasteiger partial charge >= 0.3 is 0 Å². The Morgan fingerprint density at radius 3 is 2.54 bits per heavy atom. The molecule has 4 rings (SSSR count). The van der Waals surface area contributed by atoms with Crippen LogP contribution in [0.1, 0.15) is 17.5 Å². The highest BCUT2D eigenvalue weighted by molar-refractivity contribution is 6.35. The van der Waals surface area contributed by atoms with Gasteiger partial charge in [-0.1, -0.05) is 40.9 Å². The van der Waals surface area contributed by atoms with Crippen LogP contribution in [0, 0.1) is 6.92 Å². The molecule has 1 fully saturated rings. The van der Waals surface area contributed by atoms with Gasteiger partial charge in [0, 0.05) is 10.6 Å². The number of hydrogen-bond acceptors (Lipinski definition) is 4. The number of nitrogens with one attached hydrogen (secondary N) is 1. The van der Waals surface area contributed by atoms with Crippen molar-refractivity contribution in [3.05, 3.63) is 69.7 Å². The lowest BCUT2D eigenvalue weighted by atomic mass is 9.99. The van der Waals surface area contributed by atoms with Crippen molar-refractivity contribution in [1.29, 1.82) is 0 Å². The summed E-state index contributed by atoms with van der Waals surface area (Å²) < 4.78 is 0. The molecule has 26 heavy (non-hydrogen) atoms. The first-order valence-electron chi connectivity index (χ1n) is 7.96. The first kappa shape index (κ1) is 17.1. The molecule has 5 nitrogen and oxygen atoms in total. The number of carbonyl (C=O) groups excluding carboxylic acids is 2. The lowest BCUT2D eigenvalue weighted by Crippen LogP contribution is -2.40. The number of benzene rings is 2. The Morgan fingerprint density at radius 2 is 1.85 bits per heavy atom. The smallest absolute Gasteiger partial charge is 0.273 e. The minimum Gasteiger partial charge on any atom is -0.274 e. The number of nitrogens with zero attached hydrogens (tertiary/aromatic N) is 1. The predicted octanol–water partition coefficient (Wildman–Crippen LogP) is 3.88. The summed E-state index contributed by atoms with van der Waals surface area (Å²) in [7, 11) is 0. The Morgan fingerprint density at radius 1 is 1.12 bits per heavy atom. The highest BCUT2D eigenvalue weighted by Gasteiger charge is 2.55. The fourth-order valence-electron chi connectivity index (χ4n) is 3.11. The fourth-order valence-corrected chi connectivity index (χ4v) is 3.62. The van der Waals surface area contributed by atoms with Gasteiger partial charge < -0.3 is 0 Å². The van der Waals surface area contributed by atoms with E-state index < -0.39 is 11.5 Å². The molecule has 2 aliphatic rings. The van der Waals surface area contributed by atoms with Crippen LogP contribution < -0.4 is 10.4 Å². The van der Waals surface area contributed by atoms with Crippen LogP contribution in [-0.4, -0.2) is 17.4 Å². The molecule has 132 valence electrons. The minimum atomic E-state index is -1.37. The Kier molecular flexibility index (Phi) is 4.03. The second kappa shape index (κ2) is 6.13. The summed E-state index contributed by atoms with van der Waals surface area (Å²) in [4.78, 5) is 32.2. The zero-order valence-corrected chi connectivity index (χ0v) is 15.3. The van der Waals surface area contributed by atoms with Gasteiger partial charge in [-0.05, 0) is 43.3 Å². The number of aryl methyl sites for hydroxylation is 1. The summed E-state index contributed by atoms with van der Waals surface area (Å²) in [6.07, 6.45) is 1.53. The summed E-state index contributed by atoms with van der Waals surface area (Å²) in [5, 5.41) is 0.926. The van der Waals surface area contributed by atoms with Crippen LogP contribution in [0.3, 0.4) is 0 Å². The maximum absolute atomic E-state index is 13.0. The van der Waals surface area contributed by atoms with Crippen molar-refractivity contribution in [3.8, 4) is 0 Å². The molecule has 1 atom stereocenters. The number of carbonyl (C=O) groups is 2. The van der Waals surface area contributed by atoms with Crippen LogP contribution in [0.2, 0.25) is 10.0 Å². The van der Waals surface area contributed by atoms with Crippen LogP contribution in [0.25, 0.3) is 5.70 Å². The molecule has 0 aliphatic carbocycles. The highest BCUT2D eigenvalue weighted by Crippen LogP contribution is 2.39. The standard InChI is InChI=1S/C19H14Cl2N2O3/c1-11-2-5-13(6-3-11)23-17(24)10-19(18(23)25)9-16(22-26-19)14-7-4-12(20)8-15(14)21/h2-9,22H,10H2,1H3/t19-/m1/s1. The van der Waals surface area contributed by atoms with E-state index in [2.05, 4.69) is 5.48 Å². The number of rotatable bonds is 2. The normalized spacial score (nSPS) is 22.1. The van der Waals surface area contributed by atoms with Crippen molar-refractivity contribution < 1.29 is 14.4 Å². The zero-order chi connectivity index (χ0) is 18.5. The fraction of sp³-hybridized carbons (Fsp3) is 0.158. The van der Waals surface area contributed by atoms with Crippen molar-refractivity contribution >= 4 is 46.4 Å². The summed E-state index contributed by atoms with van der Waals surface area (Å²) in [6.45, 7) is 1.94. The Hall–Kier alpha value is -2.34. The van der Waals surface area contributed by atoms with Crippen molar-refractivity contribution in [2.75, 3.05) is 4.90 Å². The lowest BCUT2D eigenvalue weighted by molar-refractivity contribution is -0.136. The summed E-state index contributed by atoms with van der Waals surface area (Å²) >= 11 is 12.1. The first-order chi connectivity index (χ1) is 12.4. The molecule has 2 heterocycles. The molecule has 0 unspecified atom stereocenters. The summed E-state index contributed by atoms with van der Waals surface area (Å²) in [5.41, 5.74) is 4.09. The number of halogens is 2. The molecule has 2 aliphatic heterocycles. The van der Waals surface area contributed by atoms with Gasteiger partial charge in [0.2, 0.25) is 11.5 Å². The molecule has 2 aromatic rings. The Labute approximate surface area is 160 Å². The molecule has 1 saturated heterocycles. The van der Waals surface area contributed by atoms with E-state index in [4.69, 9.17) is 28.0 Å². The van der Waals surface area contributed by atoms with Gasteiger partial charge in [-0.15, -0.1) is 0 Å².